The van der Waals surface area contributed by atoms with Gasteiger partial charge in [0.2, 0.25) is 0 Å². The zero-order valence-electron chi connectivity index (χ0n) is 7.06. The van der Waals surface area contributed by atoms with Crippen LogP contribution >= 0.6 is 0 Å². The second kappa shape index (κ2) is 3.97. The summed E-state index contributed by atoms with van der Waals surface area (Å²) in [4.78, 5) is 14.3. The van der Waals surface area contributed by atoms with E-state index < -0.39 is 12.0 Å². The van der Waals surface area contributed by atoms with Crippen molar-refractivity contribution in [2.75, 3.05) is 13.7 Å². The Hall–Kier alpha value is -1.47. The number of primary amides is 1. The molecule has 7 nitrogen and oxygen atoms in total. The Labute approximate surface area is 74.0 Å². The molecule has 0 radical (unpaired) electrons. The standard InChI is InChI=1S/C6H10N4O3/c1-12-3(2-7)6-9-5(4(8)11)10-13-6/h3H,2,7H2,1H3,(H2,8,11). The SMILES string of the molecule is COC(CN)c1nc(C(N)=O)no1. The maximum atomic E-state index is 10.6. The summed E-state index contributed by atoms with van der Waals surface area (Å²) in [5.74, 6) is -0.772. The smallest absolute Gasteiger partial charge is 0.290 e. The third-order valence-corrected chi connectivity index (χ3v) is 1.44. The van der Waals surface area contributed by atoms with Gasteiger partial charge in [-0.1, -0.05) is 5.16 Å². The van der Waals surface area contributed by atoms with Crippen molar-refractivity contribution < 1.29 is 14.1 Å². The number of ether oxygens (including phenoxy) is 1. The predicted molar refractivity (Wildman–Crippen MR) is 41.6 cm³/mol. The van der Waals surface area contributed by atoms with E-state index in [1.54, 1.807) is 0 Å². The summed E-state index contributed by atoms with van der Waals surface area (Å²) in [6.07, 6.45) is -0.499. The maximum absolute atomic E-state index is 10.6. The monoisotopic (exact) mass is 186 g/mol. The lowest BCUT2D eigenvalue weighted by Gasteiger charge is -2.05. The van der Waals surface area contributed by atoms with E-state index in [9.17, 15) is 4.79 Å². The van der Waals surface area contributed by atoms with E-state index in [-0.39, 0.29) is 18.3 Å². The van der Waals surface area contributed by atoms with E-state index in [4.69, 9.17) is 20.7 Å². The first kappa shape index (κ1) is 9.62. The Morgan fingerprint density at radius 1 is 1.77 bits per heavy atom. The fraction of sp³-hybridized carbons (Fsp3) is 0.500. The molecule has 1 rings (SSSR count). The molecule has 0 fully saturated rings. The summed E-state index contributed by atoms with van der Waals surface area (Å²) < 4.78 is 9.61. The number of methoxy groups -OCH3 is 1. The number of hydrogen-bond acceptors (Lipinski definition) is 6. The first-order chi connectivity index (χ1) is 6.19. The fourth-order valence-electron chi connectivity index (χ4n) is 0.764. The normalized spacial score (nSPS) is 12.8. The minimum Gasteiger partial charge on any atom is -0.370 e. The van der Waals surface area contributed by atoms with Crippen molar-refractivity contribution in [2.24, 2.45) is 11.5 Å². The van der Waals surface area contributed by atoms with Crippen LogP contribution in [0.1, 0.15) is 22.6 Å². The van der Waals surface area contributed by atoms with Crippen molar-refractivity contribution in [2.45, 2.75) is 6.10 Å². The third-order valence-electron chi connectivity index (χ3n) is 1.44. The molecule has 0 aliphatic carbocycles. The van der Waals surface area contributed by atoms with E-state index in [1.165, 1.54) is 7.11 Å². The summed E-state index contributed by atoms with van der Waals surface area (Å²) in [7, 11) is 1.45. The van der Waals surface area contributed by atoms with Gasteiger partial charge in [0.05, 0.1) is 0 Å². The van der Waals surface area contributed by atoms with Gasteiger partial charge in [0.15, 0.2) is 0 Å². The number of nitrogens with zero attached hydrogens (tertiary/aromatic N) is 2. The molecule has 0 aliphatic rings. The van der Waals surface area contributed by atoms with Gasteiger partial charge in [-0.2, -0.15) is 4.98 Å². The summed E-state index contributed by atoms with van der Waals surface area (Å²) in [6.45, 7) is 0.191. The number of carbonyl (C=O) groups excluding carboxylic acids is 1. The molecule has 1 amide bonds. The molecule has 72 valence electrons. The number of amides is 1. The Morgan fingerprint density at radius 3 is 2.85 bits per heavy atom. The van der Waals surface area contributed by atoms with E-state index >= 15 is 0 Å². The van der Waals surface area contributed by atoms with Crippen molar-refractivity contribution in [1.82, 2.24) is 10.1 Å². The summed E-state index contributed by atoms with van der Waals surface area (Å²) in [5, 5.41) is 3.34. The molecule has 1 atom stereocenters. The van der Waals surface area contributed by atoms with Gasteiger partial charge in [-0.3, -0.25) is 4.79 Å². The van der Waals surface area contributed by atoms with E-state index in [1.807, 2.05) is 0 Å². The van der Waals surface area contributed by atoms with Crippen LogP contribution in [-0.2, 0) is 4.74 Å². The van der Waals surface area contributed by atoms with E-state index in [2.05, 4.69) is 10.1 Å². The molecular formula is C6H10N4O3. The van der Waals surface area contributed by atoms with Gasteiger partial charge in [-0.15, -0.1) is 0 Å². The summed E-state index contributed by atoms with van der Waals surface area (Å²) >= 11 is 0. The molecule has 1 aromatic rings. The zero-order chi connectivity index (χ0) is 9.84. The van der Waals surface area contributed by atoms with Crippen molar-refractivity contribution in [1.29, 1.82) is 0 Å². The average molecular weight is 186 g/mol. The molecule has 0 aliphatic heterocycles. The van der Waals surface area contributed by atoms with Crippen LogP contribution in [0.15, 0.2) is 4.52 Å². The number of hydrogen-bond donors (Lipinski definition) is 2. The topological polar surface area (TPSA) is 117 Å². The Kier molecular flexibility index (Phi) is 2.93. The van der Waals surface area contributed by atoms with Crippen LogP contribution in [0.2, 0.25) is 0 Å². The molecule has 0 aromatic carbocycles. The molecule has 0 saturated heterocycles. The van der Waals surface area contributed by atoms with Gasteiger partial charge in [0.1, 0.15) is 6.10 Å². The number of rotatable bonds is 4. The molecule has 1 aromatic heterocycles. The van der Waals surface area contributed by atoms with Gasteiger partial charge >= 0.3 is 0 Å². The predicted octanol–water partition coefficient (Wildman–Crippen LogP) is -1.19. The van der Waals surface area contributed by atoms with Crippen molar-refractivity contribution in [3.8, 4) is 0 Å². The lowest BCUT2D eigenvalue weighted by atomic mass is 10.3. The lowest BCUT2D eigenvalue weighted by molar-refractivity contribution is 0.0803. The van der Waals surface area contributed by atoms with Gasteiger partial charge in [-0.05, 0) is 0 Å². The van der Waals surface area contributed by atoms with E-state index in [0.717, 1.165) is 0 Å². The number of carbonyl (C=O) groups is 1. The van der Waals surface area contributed by atoms with Crippen LogP contribution in [0.4, 0.5) is 0 Å². The van der Waals surface area contributed by atoms with Crippen molar-refractivity contribution >= 4 is 5.91 Å². The Balaban J connectivity index is 2.84. The minimum absolute atomic E-state index is 0.152. The third kappa shape index (κ3) is 2.01. The highest BCUT2D eigenvalue weighted by molar-refractivity contribution is 5.88. The van der Waals surface area contributed by atoms with Crippen LogP contribution in [0, 0.1) is 0 Å². The van der Waals surface area contributed by atoms with Gasteiger partial charge in [-0.25, -0.2) is 0 Å². The maximum Gasteiger partial charge on any atom is 0.290 e. The zero-order valence-corrected chi connectivity index (χ0v) is 7.06. The molecular weight excluding hydrogens is 176 g/mol. The molecule has 0 saturated carbocycles. The largest absolute Gasteiger partial charge is 0.370 e. The molecule has 13 heavy (non-hydrogen) atoms. The van der Waals surface area contributed by atoms with Crippen molar-refractivity contribution in [3.63, 3.8) is 0 Å². The first-order valence-electron chi connectivity index (χ1n) is 3.55. The second-order valence-electron chi connectivity index (χ2n) is 2.28. The van der Waals surface area contributed by atoms with E-state index in [0.29, 0.717) is 0 Å². The lowest BCUT2D eigenvalue weighted by Crippen LogP contribution is -2.16. The molecule has 1 heterocycles. The highest BCUT2D eigenvalue weighted by Gasteiger charge is 2.18. The van der Waals surface area contributed by atoms with Crippen LogP contribution < -0.4 is 11.5 Å². The summed E-state index contributed by atoms with van der Waals surface area (Å²) in [6, 6.07) is 0. The van der Waals surface area contributed by atoms with Crippen LogP contribution in [-0.4, -0.2) is 29.7 Å². The van der Waals surface area contributed by atoms with Gasteiger partial charge in [0, 0.05) is 13.7 Å². The molecule has 1 unspecified atom stereocenters. The highest BCUT2D eigenvalue weighted by atomic mass is 16.5. The summed E-state index contributed by atoms with van der Waals surface area (Å²) in [5.41, 5.74) is 10.2. The number of nitrogens with two attached hydrogens (primary N) is 2. The van der Waals surface area contributed by atoms with Crippen molar-refractivity contribution in [3.05, 3.63) is 11.7 Å². The molecule has 7 heteroatoms. The Bertz CT molecular complexity index is 294. The quantitative estimate of drug-likeness (QED) is 0.610. The molecule has 4 N–H and O–H groups in total. The number of aromatic nitrogens is 2. The Morgan fingerprint density at radius 2 is 2.46 bits per heavy atom. The second-order valence-corrected chi connectivity index (χ2v) is 2.28. The average Bonchev–Trinajstić information content (AvgIpc) is 2.56. The highest BCUT2D eigenvalue weighted by Crippen LogP contribution is 2.11. The molecule has 0 bridgehead atoms. The van der Waals surface area contributed by atoms with Crippen LogP contribution in [0.25, 0.3) is 0 Å². The van der Waals surface area contributed by atoms with Crippen LogP contribution in [0.3, 0.4) is 0 Å². The first-order valence-corrected chi connectivity index (χ1v) is 3.55. The molecule has 0 spiro atoms. The minimum atomic E-state index is -0.748. The van der Waals surface area contributed by atoms with Crippen LogP contribution in [0.5, 0.6) is 0 Å². The van der Waals surface area contributed by atoms with Gasteiger partial charge < -0.3 is 20.7 Å². The van der Waals surface area contributed by atoms with Gasteiger partial charge in [0.25, 0.3) is 17.6 Å². The fourth-order valence-corrected chi connectivity index (χ4v) is 0.764.